The molecule has 4 nitrogen and oxygen atoms in total. The Labute approximate surface area is 127 Å². The molecule has 0 radical (unpaired) electrons. The van der Waals surface area contributed by atoms with E-state index in [9.17, 15) is 0 Å². The Morgan fingerprint density at radius 3 is 3.00 bits per heavy atom. The van der Waals surface area contributed by atoms with Crippen molar-refractivity contribution in [2.45, 2.75) is 37.9 Å². The first-order chi connectivity index (χ1) is 9.13. The first kappa shape index (κ1) is 14.9. The van der Waals surface area contributed by atoms with Gasteiger partial charge in [0.05, 0.1) is 4.47 Å². The number of nitrogens with zero attached hydrogens (tertiary/aromatic N) is 2. The maximum Gasteiger partial charge on any atom is 0.224 e. The number of hydrogen-bond donors (Lipinski definition) is 2. The normalized spacial score (nSPS) is 22.5. The summed E-state index contributed by atoms with van der Waals surface area (Å²) in [5.41, 5.74) is 0. The van der Waals surface area contributed by atoms with E-state index in [1.807, 2.05) is 0 Å². The van der Waals surface area contributed by atoms with E-state index in [1.54, 1.807) is 6.20 Å². The fourth-order valence-corrected chi connectivity index (χ4v) is 3.64. The Hall–Kier alpha value is -0.490. The van der Waals surface area contributed by atoms with Gasteiger partial charge in [-0.15, -0.1) is 0 Å². The van der Waals surface area contributed by atoms with Crippen LogP contribution in [0.15, 0.2) is 10.7 Å². The maximum absolute atomic E-state index is 4.51. The Balaban J connectivity index is 1.98. The van der Waals surface area contributed by atoms with Gasteiger partial charge in [0.2, 0.25) is 5.95 Å². The third-order valence-corrected chi connectivity index (χ3v) is 5.33. The molecule has 106 valence electrons. The first-order valence-corrected chi connectivity index (χ1v) is 8.55. The summed E-state index contributed by atoms with van der Waals surface area (Å²) in [4.78, 5) is 8.77. The van der Waals surface area contributed by atoms with E-state index < -0.39 is 0 Å². The summed E-state index contributed by atoms with van der Waals surface area (Å²) in [6.45, 7) is 6.29. The largest absolute Gasteiger partial charge is 0.368 e. The molecular weight excluding hydrogens is 324 g/mol. The van der Waals surface area contributed by atoms with E-state index in [0.29, 0.717) is 10.7 Å². The molecule has 0 bridgehead atoms. The Morgan fingerprint density at radius 1 is 1.47 bits per heavy atom. The lowest BCUT2D eigenvalue weighted by atomic mass is 10.1. The minimum atomic E-state index is 0.335. The molecular formula is C13H21BrN4S. The molecule has 0 aromatic carbocycles. The monoisotopic (exact) mass is 344 g/mol. The molecule has 6 heteroatoms. The molecule has 1 aromatic heterocycles. The summed E-state index contributed by atoms with van der Waals surface area (Å²) in [5, 5.41) is 6.66. The number of thioether (sulfide) groups is 1. The maximum atomic E-state index is 4.51. The number of rotatable bonds is 6. The highest BCUT2D eigenvalue weighted by molar-refractivity contribution is 9.10. The zero-order valence-corrected chi connectivity index (χ0v) is 13.9. The van der Waals surface area contributed by atoms with Crippen LogP contribution < -0.4 is 10.6 Å². The summed E-state index contributed by atoms with van der Waals surface area (Å²) in [6.07, 6.45) is 5.46. The van der Waals surface area contributed by atoms with Crippen LogP contribution in [0, 0.1) is 0 Å². The predicted octanol–water partition coefficient (Wildman–Crippen LogP) is 3.76. The minimum absolute atomic E-state index is 0.335. The van der Waals surface area contributed by atoms with Crippen molar-refractivity contribution in [3.8, 4) is 0 Å². The lowest BCUT2D eigenvalue weighted by Crippen LogP contribution is -2.27. The average molecular weight is 345 g/mol. The third kappa shape index (κ3) is 4.24. The van der Waals surface area contributed by atoms with Crippen molar-refractivity contribution in [1.82, 2.24) is 9.97 Å². The summed E-state index contributed by atoms with van der Waals surface area (Å²) in [5.74, 6) is 2.84. The molecule has 0 amide bonds. The molecule has 1 fully saturated rings. The zero-order chi connectivity index (χ0) is 13.7. The zero-order valence-electron chi connectivity index (χ0n) is 11.5. The van der Waals surface area contributed by atoms with Gasteiger partial charge in [-0.3, -0.25) is 0 Å². The number of aromatic nitrogens is 2. The number of hydrogen-bond acceptors (Lipinski definition) is 5. The van der Waals surface area contributed by atoms with E-state index in [4.69, 9.17) is 0 Å². The summed E-state index contributed by atoms with van der Waals surface area (Å²) >= 11 is 5.55. The molecule has 1 saturated heterocycles. The molecule has 1 aliphatic rings. The lowest BCUT2D eigenvalue weighted by molar-refractivity contribution is 0.633. The van der Waals surface area contributed by atoms with Crippen molar-refractivity contribution in [2.75, 3.05) is 29.5 Å². The van der Waals surface area contributed by atoms with Crippen LogP contribution in [-0.2, 0) is 0 Å². The van der Waals surface area contributed by atoms with E-state index >= 15 is 0 Å². The predicted molar refractivity (Wildman–Crippen MR) is 87.1 cm³/mol. The molecule has 0 spiro atoms. The SMILES string of the molecule is CCCNc1ncc(Br)c(NCC2(C)CCCS2)n1. The third-order valence-electron chi connectivity index (χ3n) is 3.21. The number of nitrogens with one attached hydrogen (secondary N) is 2. The second-order valence-electron chi connectivity index (χ2n) is 5.07. The quantitative estimate of drug-likeness (QED) is 0.822. The molecule has 0 aliphatic carbocycles. The fraction of sp³-hybridized carbons (Fsp3) is 0.692. The highest BCUT2D eigenvalue weighted by atomic mass is 79.9. The van der Waals surface area contributed by atoms with Crippen LogP contribution in [0.2, 0.25) is 0 Å². The Kier molecular flexibility index (Phi) is 5.33. The Morgan fingerprint density at radius 2 is 2.32 bits per heavy atom. The van der Waals surface area contributed by atoms with Gasteiger partial charge in [0, 0.05) is 24.0 Å². The van der Waals surface area contributed by atoms with Crippen molar-refractivity contribution in [1.29, 1.82) is 0 Å². The van der Waals surface area contributed by atoms with Crippen molar-refractivity contribution >= 4 is 39.5 Å². The van der Waals surface area contributed by atoms with Crippen LogP contribution in [0.25, 0.3) is 0 Å². The second kappa shape index (κ2) is 6.79. The van der Waals surface area contributed by atoms with E-state index in [1.165, 1.54) is 18.6 Å². The molecule has 0 saturated carbocycles. The highest BCUT2D eigenvalue weighted by Crippen LogP contribution is 2.38. The van der Waals surface area contributed by atoms with Crippen LogP contribution in [0.3, 0.4) is 0 Å². The second-order valence-corrected chi connectivity index (χ2v) is 7.61. The van der Waals surface area contributed by atoms with E-state index in [-0.39, 0.29) is 0 Å². The van der Waals surface area contributed by atoms with E-state index in [0.717, 1.165) is 29.8 Å². The van der Waals surface area contributed by atoms with Crippen molar-refractivity contribution in [3.05, 3.63) is 10.7 Å². The van der Waals surface area contributed by atoms with Gasteiger partial charge < -0.3 is 10.6 Å². The Bertz CT molecular complexity index is 421. The van der Waals surface area contributed by atoms with Crippen LogP contribution >= 0.6 is 27.7 Å². The summed E-state index contributed by atoms with van der Waals surface area (Å²) < 4.78 is 1.25. The molecule has 2 N–H and O–H groups in total. The molecule has 1 unspecified atom stereocenters. The van der Waals surface area contributed by atoms with E-state index in [2.05, 4.69) is 62.1 Å². The van der Waals surface area contributed by atoms with Gasteiger partial charge >= 0.3 is 0 Å². The molecule has 1 aromatic rings. The number of halogens is 1. The van der Waals surface area contributed by atoms with Crippen LogP contribution in [0.5, 0.6) is 0 Å². The lowest BCUT2D eigenvalue weighted by Gasteiger charge is -2.23. The molecule has 2 rings (SSSR count). The molecule has 2 heterocycles. The first-order valence-electron chi connectivity index (χ1n) is 6.77. The van der Waals surface area contributed by atoms with Crippen LogP contribution in [-0.4, -0.2) is 33.6 Å². The van der Waals surface area contributed by atoms with Crippen molar-refractivity contribution in [2.24, 2.45) is 0 Å². The van der Waals surface area contributed by atoms with Crippen LogP contribution in [0.1, 0.15) is 33.1 Å². The van der Waals surface area contributed by atoms with Gasteiger partial charge in [-0.25, -0.2) is 4.98 Å². The van der Waals surface area contributed by atoms with Gasteiger partial charge in [-0.2, -0.15) is 16.7 Å². The topological polar surface area (TPSA) is 49.8 Å². The number of anilines is 2. The summed E-state index contributed by atoms with van der Waals surface area (Å²) in [7, 11) is 0. The van der Waals surface area contributed by atoms with Gasteiger partial charge in [-0.1, -0.05) is 6.92 Å². The van der Waals surface area contributed by atoms with Gasteiger partial charge in [0.15, 0.2) is 0 Å². The van der Waals surface area contributed by atoms with Gasteiger partial charge in [0.25, 0.3) is 0 Å². The smallest absolute Gasteiger partial charge is 0.224 e. The van der Waals surface area contributed by atoms with Gasteiger partial charge in [0.1, 0.15) is 5.82 Å². The minimum Gasteiger partial charge on any atom is -0.368 e. The van der Waals surface area contributed by atoms with Crippen molar-refractivity contribution in [3.63, 3.8) is 0 Å². The van der Waals surface area contributed by atoms with Gasteiger partial charge in [-0.05, 0) is 47.9 Å². The molecule has 1 aliphatic heterocycles. The molecule has 19 heavy (non-hydrogen) atoms. The summed E-state index contributed by atoms with van der Waals surface area (Å²) in [6, 6.07) is 0. The fourth-order valence-electron chi connectivity index (χ4n) is 2.06. The highest BCUT2D eigenvalue weighted by Gasteiger charge is 2.29. The average Bonchev–Trinajstić information content (AvgIpc) is 2.84. The standard InChI is InChI=1S/C13H21BrN4S/c1-3-6-15-12-16-8-10(14)11(18-12)17-9-13(2)5-4-7-19-13/h8H,3-7,9H2,1-2H3,(H2,15,16,17,18). The molecule has 1 atom stereocenters. The van der Waals surface area contributed by atoms with Crippen molar-refractivity contribution < 1.29 is 0 Å². The van der Waals surface area contributed by atoms with Crippen LogP contribution in [0.4, 0.5) is 11.8 Å².